The normalized spacial score (nSPS) is 12.9. The number of ether oxygens (including phenoxy) is 4. The summed E-state index contributed by atoms with van der Waals surface area (Å²) in [5.74, 6) is 0.846. The maximum atomic E-state index is 10.4. The van der Waals surface area contributed by atoms with E-state index in [1.807, 2.05) is 30.3 Å². The molecule has 0 fully saturated rings. The zero-order valence-electron chi connectivity index (χ0n) is 15.8. The Morgan fingerprint density at radius 3 is 2.11 bits per heavy atom. The minimum absolute atomic E-state index is 0.0182. The van der Waals surface area contributed by atoms with E-state index in [1.54, 1.807) is 0 Å². The van der Waals surface area contributed by atoms with Crippen LogP contribution in [0.15, 0.2) is 30.3 Å². The van der Waals surface area contributed by atoms with E-state index in [-0.39, 0.29) is 19.3 Å². The van der Waals surface area contributed by atoms with E-state index in [1.165, 1.54) is 0 Å². The summed E-state index contributed by atoms with van der Waals surface area (Å²) in [6, 6.07) is 9.72. The van der Waals surface area contributed by atoms with Crippen LogP contribution in [0.2, 0.25) is 0 Å². The van der Waals surface area contributed by atoms with Crippen LogP contribution >= 0.6 is 7.82 Å². The highest BCUT2D eigenvalue weighted by atomic mass is 31.2. The Balaban J connectivity index is 2.03. The Labute approximate surface area is 161 Å². The maximum Gasteiger partial charge on any atom is 0.469 e. The maximum absolute atomic E-state index is 10.4. The first kappa shape index (κ1) is 24.0. The number of phosphoric ester groups is 1. The molecule has 0 heterocycles. The van der Waals surface area contributed by atoms with Crippen LogP contribution in [0, 0.1) is 0 Å². The molecule has 2 N–H and O–H groups in total. The van der Waals surface area contributed by atoms with Gasteiger partial charge in [0.15, 0.2) is 0 Å². The van der Waals surface area contributed by atoms with Crippen molar-refractivity contribution in [2.45, 2.75) is 32.3 Å². The third-order valence-electron chi connectivity index (χ3n) is 3.46. The predicted molar refractivity (Wildman–Crippen MR) is 101 cm³/mol. The van der Waals surface area contributed by atoms with E-state index >= 15 is 0 Å². The molecule has 0 saturated carbocycles. The molecule has 0 aromatic heterocycles. The second kappa shape index (κ2) is 15.0. The molecule has 8 nitrogen and oxygen atoms in total. The van der Waals surface area contributed by atoms with Gasteiger partial charge >= 0.3 is 7.82 Å². The monoisotopic (exact) mass is 406 g/mol. The summed E-state index contributed by atoms with van der Waals surface area (Å²) in [7, 11) is -4.42. The summed E-state index contributed by atoms with van der Waals surface area (Å²) < 4.78 is 36.8. The molecular formula is C18H31O8P. The standard InChI is InChI=1S/C18H31O8P/c1-2-3-7-18(26-17-8-5-4-6-9-17)16-24-13-12-22-10-11-23-14-15-25-27(19,20)21/h4-6,8-9,18H,2-3,7,10-16H2,1H3,(H2,19,20,21). The number of unbranched alkanes of at least 4 members (excludes halogenated alkanes) is 1. The zero-order chi connectivity index (χ0) is 19.8. The van der Waals surface area contributed by atoms with Crippen LogP contribution in [-0.2, 0) is 23.3 Å². The average Bonchev–Trinajstić information content (AvgIpc) is 2.63. The lowest BCUT2D eigenvalue weighted by Crippen LogP contribution is -2.24. The number of hydrogen-bond acceptors (Lipinski definition) is 6. The molecule has 9 heteroatoms. The van der Waals surface area contributed by atoms with Crippen LogP contribution in [0.25, 0.3) is 0 Å². The molecule has 1 unspecified atom stereocenters. The molecule has 1 atom stereocenters. The van der Waals surface area contributed by atoms with Crippen LogP contribution in [0.4, 0.5) is 0 Å². The Kier molecular flexibility index (Phi) is 13.4. The second-order valence-electron chi connectivity index (χ2n) is 5.82. The molecule has 0 spiro atoms. The van der Waals surface area contributed by atoms with Crippen LogP contribution < -0.4 is 4.74 Å². The summed E-state index contributed by atoms with van der Waals surface area (Å²) in [6.45, 7) is 4.19. The highest BCUT2D eigenvalue weighted by Gasteiger charge is 2.12. The third-order valence-corrected chi connectivity index (χ3v) is 3.98. The Morgan fingerprint density at radius 2 is 1.52 bits per heavy atom. The van der Waals surface area contributed by atoms with E-state index in [4.69, 9.17) is 28.7 Å². The molecular weight excluding hydrogens is 375 g/mol. The highest BCUT2D eigenvalue weighted by Crippen LogP contribution is 2.35. The third kappa shape index (κ3) is 14.7. The molecule has 0 aliphatic heterocycles. The van der Waals surface area contributed by atoms with Gasteiger partial charge in [-0.15, -0.1) is 0 Å². The van der Waals surface area contributed by atoms with Crippen molar-refractivity contribution in [3.05, 3.63) is 30.3 Å². The highest BCUT2D eigenvalue weighted by molar-refractivity contribution is 7.46. The molecule has 1 aromatic rings. The lowest BCUT2D eigenvalue weighted by atomic mass is 10.2. The first-order valence-corrected chi connectivity index (χ1v) is 10.7. The van der Waals surface area contributed by atoms with E-state index in [2.05, 4.69) is 11.4 Å². The summed E-state index contributed by atoms with van der Waals surface area (Å²) in [5, 5.41) is 0. The second-order valence-corrected chi connectivity index (χ2v) is 7.06. The van der Waals surface area contributed by atoms with Gasteiger partial charge in [0.1, 0.15) is 11.9 Å². The summed E-state index contributed by atoms with van der Waals surface area (Å²) in [4.78, 5) is 17.0. The van der Waals surface area contributed by atoms with Gasteiger partial charge in [-0.25, -0.2) is 4.57 Å². The molecule has 0 aliphatic carbocycles. The molecule has 0 radical (unpaired) electrons. The number of benzene rings is 1. The minimum Gasteiger partial charge on any atom is -0.488 e. The molecule has 0 bridgehead atoms. The number of hydrogen-bond donors (Lipinski definition) is 2. The lowest BCUT2D eigenvalue weighted by Gasteiger charge is -2.19. The quantitative estimate of drug-likeness (QED) is 0.301. The Morgan fingerprint density at radius 1 is 0.926 bits per heavy atom. The van der Waals surface area contributed by atoms with E-state index < -0.39 is 7.82 Å². The van der Waals surface area contributed by atoms with Crippen molar-refractivity contribution in [1.82, 2.24) is 0 Å². The van der Waals surface area contributed by atoms with Crippen molar-refractivity contribution in [3.8, 4) is 5.75 Å². The molecule has 0 saturated heterocycles. The van der Waals surface area contributed by atoms with Crippen LogP contribution in [-0.4, -0.2) is 62.1 Å². The van der Waals surface area contributed by atoms with E-state index in [0.717, 1.165) is 25.0 Å². The van der Waals surface area contributed by atoms with E-state index in [0.29, 0.717) is 33.0 Å². The fourth-order valence-corrected chi connectivity index (χ4v) is 2.48. The smallest absolute Gasteiger partial charge is 0.469 e. The molecule has 0 aliphatic rings. The Bertz CT molecular complexity index is 507. The molecule has 0 amide bonds. The molecule has 156 valence electrons. The van der Waals surface area contributed by atoms with Crippen molar-refractivity contribution in [1.29, 1.82) is 0 Å². The van der Waals surface area contributed by atoms with Crippen molar-refractivity contribution >= 4 is 7.82 Å². The topological polar surface area (TPSA) is 104 Å². The van der Waals surface area contributed by atoms with Gasteiger partial charge < -0.3 is 28.7 Å². The molecule has 1 aromatic carbocycles. The Hall–Kier alpha value is -0.990. The van der Waals surface area contributed by atoms with Gasteiger partial charge in [0.25, 0.3) is 0 Å². The van der Waals surface area contributed by atoms with Gasteiger partial charge in [-0.1, -0.05) is 31.5 Å². The number of rotatable bonds is 17. The fraction of sp³-hybridized carbons (Fsp3) is 0.667. The predicted octanol–water partition coefficient (Wildman–Crippen LogP) is 2.78. The summed E-state index contributed by atoms with van der Waals surface area (Å²) in [5.41, 5.74) is 0. The average molecular weight is 406 g/mol. The van der Waals surface area contributed by atoms with Crippen LogP contribution in [0.3, 0.4) is 0 Å². The van der Waals surface area contributed by atoms with Crippen molar-refractivity contribution < 1.29 is 37.8 Å². The van der Waals surface area contributed by atoms with Gasteiger partial charge in [0.05, 0.1) is 46.2 Å². The van der Waals surface area contributed by atoms with E-state index in [9.17, 15) is 4.57 Å². The minimum atomic E-state index is -4.42. The lowest BCUT2D eigenvalue weighted by molar-refractivity contribution is -0.00950. The molecule has 27 heavy (non-hydrogen) atoms. The van der Waals surface area contributed by atoms with Crippen molar-refractivity contribution in [3.63, 3.8) is 0 Å². The van der Waals surface area contributed by atoms with Crippen molar-refractivity contribution in [2.24, 2.45) is 0 Å². The van der Waals surface area contributed by atoms with Gasteiger partial charge in [0.2, 0.25) is 0 Å². The summed E-state index contributed by atoms with van der Waals surface area (Å²) in [6.07, 6.45) is 3.15. The number of phosphoric acid groups is 1. The van der Waals surface area contributed by atoms with Crippen LogP contribution in [0.5, 0.6) is 5.75 Å². The fourth-order valence-electron chi connectivity index (χ4n) is 2.17. The molecule has 1 rings (SSSR count). The SMILES string of the molecule is CCCCC(COCCOCCOCCOP(=O)(O)O)Oc1ccccc1. The van der Waals surface area contributed by atoms with Gasteiger partial charge in [-0.05, 0) is 25.0 Å². The largest absolute Gasteiger partial charge is 0.488 e. The van der Waals surface area contributed by atoms with Gasteiger partial charge in [-0.3, -0.25) is 4.52 Å². The van der Waals surface area contributed by atoms with Gasteiger partial charge in [0, 0.05) is 0 Å². The first-order chi connectivity index (χ1) is 13.0. The first-order valence-electron chi connectivity index (χ1n) is 9.16. The van der Waals surface area contributed by atoms with Crippen LogP contribution in [0.1, 0.15) is 26.2 Å². The number of para-hydroxylation sites is 1. The zero-order valence-corrected chi connectivity index (χ0v) is 16.7. The van der Waals surface area contributed by atoms with Gasteiger partial charge in [-0.2, -0.15) is 0 Å². The summed E-state index contributed by atoms with van der Waals surface area (Å²) >= 11 is 0. The van der Waals surface area contributed by atoms with Crippen molar-refractivity contribution in [2.75, 3.05) is 46.2 Å².